The van der Waals surface area contributed by atoms with Crippen LogP contribution < -0.4 is 5.32 Å². The zero-order valence-electron chi connectivity index (χ0n) is 20.8. The smallest absolute Gasteiger partial charge is 0.339 e. The number of nitriles is 1. The number of rotatable bonds is 6. The van der Waals surface area contributed by atoms with E-state index < -0.39 is 18.5 Å². The molecule has 2 aromatic heterocycles. The molecule has 1 atom stereocenters. The second-order valence-corrected chi connectivity index (χ2v) is 10.4. The van der Waals surface area contributed by atoms with E-state index in [9.17, 15) is 14.9 Å². The highest BCUT2D eigenvalue weighted by Crippen LogP contribution is 2.42. The number of ether oxygens (including phenoxy) is 1. The summed E-state index contributed by atoms with van der Waals surface area (Å²) in [6.07, 6.45) is 2.56. The fraction of sp³-hybridized carbons (Fsp3) is 0.161. The summed E-state index contributed by atoms with van der Waals surface area (Å²) >= 11 is 1.43. The SMILES string of the molecule is N#Cc1c(NC(=O)COC(=O)c2ccccc2-c2nc3ccccc3o2)sc2c1CCC(c1ccccc1)C2. The van der Waals surface area contributed by atoms with Crippen LogP contribution in [0.3, 0.4) is 0 Å². The average Bonchev–Trinajstić information content (AvgIpc) is 3.56. The predicted octanol–water partition coefficient (Wildman–Crippen LogP) is 6.50. The number of carbonyl (C=O) groups is 2. The van der Waals surface area contributed by atoms with Crippen molar-refractivity contribution in [3.05, 3.63) is 106 Å². The molecule has 5 aromatic rings. The van der Waals surface area contributed by atoms with Crippen LogP contribution in [0.25, 0.3) is 22.6 Å². The average molecular weight is 534 g/mol. The Hall–Kier alpha value is -4.74. The van der Waals surface area contributed by atoms with E-state index in [0.717, 1.165) is 29.7 Å². The lowest BCUT2D eigenvalue weighted by Gasteiger charge is -2.22. The van der Waals surface area contributed by atoms with Gasteiger partial charge in [-0.2, -0.15) is 5.26 Å². The van der Waals surface area contributed by atoms with Gasteiger partial charge in [-0.3, -0.25) is 4.79 Å². The van der Waals surface area contributed by atoms with Gasteiger partial charge in [0.15, 0.2) is 12.2 Å². The number of hydrogen-bond donors (Lipinski definition) is 1. The summed E-state index contributed by atoms with van der Waals surface area (Å²) in [5.74, 6) is -0.489. The Morgan fingerprint density at radius 1 is 1.05 bits per heavy atom. The zero-order valence-corrected chi connectivity index (χ0v) is 21.7. The number of para-hydroxylation sites is 2. The second-order valence-electron chi connectivity index (χ2n) is 9.33. The number of oxazole rings is 1. The lowest BCUT2D eigenvalue weighted by Crippen LogP contribution is -2.21. The van der Waals surface area contributed by atoms with E-state index in [-0.39, 0.29) is 5.56 Å². The molecule has 1 unspecified atom stereocenters. The molecule has 0 saturated heterocycles. The number of nitrogens with zero attached hydrogens (tertiary/aromatic N) is 2. The minimum atomic E-state index is -0.667. The molecule has 7 nitrogen and oxygen atoms in total. The van der Waals surface area contributed by atoms with Crippen molar-refractivity contribution in [2.45, 2.75) is 25.2 Å². The Morgan fingerprint density at radius 2 is 1.82 bits per heavy atom. The molecule has 192 valence electrons. The van der Waals surface area contributed by atoms with Crippen LogP contribution in [0, 0.1) is 11.3 Å². The molecular formula is C31H23N3O4S. The number of nitrogens with one attached hydrogen (secondary N) is 1. The van der Waals surface area contributed by atoms with E-state index in [1.54, 1.807) is 30.3 Å². The van der Waals surface area contributed by atoms with Gasteiger partial charge in [-0.15, -0.1) is 11.3 Å². The molecule has 1 N–H and O–H groups in total. The van der Waals surface area contributed by atoms with Crippen molar-refractivity contribution in [1.29, 1.82) is 5.26 Å². The summed E-state index contributed by atoms with van der Waals surface area (Å²) in [6, 6.07) is 26.8. The summed E-state index contributed by atoms with van der Waals surface area (Å²) in [4.78, 5) is 31.3. The van der Waals surface area contributed by atoms with Gasteiger partial charge in [-0.1, -0.05) is 54.6 Å². The van der Waals surface area contributed by atoms with Crippen LogP contribution >= 0.6 is 11.3 Å². The molecular weight excluding hydrogens is 510 g/mol. The van der Waals surface area contributed by atoms with Crippen molar-refractivity contribution in [3.8, 4) is 17.5 Å². The van der Waals surface area contributed by atoms with Crippen molar-refractivity contribution in [3.63, 3.8) is 0 Å². The second kappa shape index (κ2) is 10.6. The van der Waals surface area contributed by atoms with Crippen LogP contribution in [0.15, 0.2) is 83.3 Å². The predicted molar refractivity (Wildman–Crippen MR) is 149 cm³/mol. The largest absolute Gasteiger partial charge is 0.452 e. The molecule has 6 rings (SSSR count). The first-order chi connectivity index (χ1) is 19.1. The fourth-order valence-electron chi connectivity index (χ4n) is 5.01. The number of carbonyl (C=O) groups excluding carboxylic acids is 2. The maximum absolute atomic E-state index is 12.9. The number of thiophene rings is 1. The van der Waals surface area contributed by atoms with E-state index in [1.807, 2.05) is 36.4 Å². The maximum atomic E-state index is 12.9. The van der Waals surface area contributed by atoms with Crippen LogP contribution in [0.2, 0.25) is 0 Å². The first kappa shape index (κ1) is 24.6. The quantitative estimate of drug-likeness (QED) is 0.250. The van der Waals surface area contributed by atoms with Crippen molar-refractivity contribution in [1.82, 2.24) is 4.98 Å². The van der Waals surface area contributed by atoms with Crippen molar-refractivity contribution in [2.24, 2.45) is 0 Å². The van der Waals surface area contributed by atoms with Crippen molar-refractivity contribution >= 4 is 39.3 Å². The Labute approximate surface area is 228 Å². The van der Waals surface area contributed by atoms with Gasteiger partial charge >= 0.3 is 5.97 Å². The van der Waals surface area contributed by atoms with Crippen LogP contribution in [0.4, 0.5) is 5.00 Å². The number of fused-ring (bicyclic) bond motifs is 2. The van der Waals surface area contributed by atoms with Gasteiger partial charge < -0.3 is 14.5 Å². The standard InChI is InChI=1S/C31H23N3O4S/c32-17-24-21-15-14-20(19-8-2-1-3-9-19)16-27(21)39-30(24)34-28(35)18-37-31(36)23-11-5-4-10-22(23)29-33-25-12-6-7-13-26(25)38-29/h1-13,20H,14-16,18H2,(H,34,35). The number of benzene rings is 3. The van der Waals surface area contributed by atoms with Crippen LogP contribution in [-0.4, -0.2) is 23.5 Å². The van der Waals surface area contributed by atoms with Crippen molar-refractivity contribution in [2.75, 3.05) is 11.9 Å². The van der Waals surface area contributed by atoms with Gasteiger partial charge in [0, 0.05) is 4.88 Å². The molecule has 1 aliphatic carbocycles. The van der Waals surface area contributed by atoms with Gasteiger partial charge in [0.05, 0.1) is 16.7 Å². The Morgan fingerprint density at radius 3 is 2.64 bits per heavy atom. The molecule has 39 heavy (non-hydrogen) atoms. The number of amides is 1. The first-order valence-electron chi connectivity index (χ1n) is 12.6. The zero-order chi connectivity index (χ0) is 26.8. The van der Waals surface area contributed by atoms with Crippen LogP contribution in [0.1, 0.15) is 44.3 Å². The summed E-state index contributed by atoms with van der Waals surface area (Å²) < 4.78 is 11.2. The van der Waals surface area contributed by atoms with Gasteiger partial charge in [-0.25, -0.2) is 9.78 Å². The highest BCUT2D eigenvalue weighted by atomic mass is 32.1. The van der Waals surface area contributed by atoms with E-state index in [1.165, 1.54) is 16.9 Å². The van der Waals surface area contributed by atoms with Gasteiger partial charge in [-0.05, 0) is 60.6 Å². The molecule has 0 saturated carbocycles. The lowest BCUT2D eigenvalue weighted by molar-refractivity contribution is -0.119. The highest BCUT2D eigenvalue weighted by molar-refractivity contribution is 7.16. The number of aromatic nitrogens is 1. The third kappa shape index (κ3) is 4.92. The molecule has 1 aliphatic rings. The Kier molecular flexibility index (Phi) is 6.66. The Balaban J connectivity index is 1.14. The highest BCUT2D eigenvalue weighted by Gasteiger charge is 2.27. The molecule has 0 fully saturated rings. The van der Waals surface area contributed by atoms with E-state index >= 15 is 0 Å². The van der Waals surface area contributed by atoms with Crippen LogP contribution in [-0.2, 0) is 22.4 Å². The Bertz CT molecular complexity index is 1700. The minimum absolute atomic E-state index is 0.244. The number of hydrogen-bond acceptors (Lipinski definition) is 7. The maximum Gasteiger partial charge on any atom is 0.339 e. The van der Waals surface area contributed by atoms with E-state index in [2.05, 4.69) is 28.5 Å². The fourth-order valence-corrected chi connectivity index (χ4v) is 6.30. The van der Waals surface area contributed by atoms with Gasteiger partial charge in [0.1, 0.15) is 16.6 Å². The normalized spacial score (nSPS) is 14.4. The van der Waals surface area contributed by atoms with Crippen LogP contribution in [0.5, 0.6) is 0 Å². The van der Waals surface area contributed by atoms with E-state index in [4.69, 9.17) is 9.15 Å². The molecule has 2 heterocycles. The topological polar surface area (TPSA) is 105 Å². The summed E-state index contributed by atoms with van der Waals surface area (Å²) in [5.41, 5.74) is 4.80. The first-order valence-corrected chi connectivity index (χ1v) is 13.4. The molecule has 3 aromatic carbocycles. The molecule has 8 heteroatoms. The molecule has 1 amide bonds. The van der Waals surface area contributed by atoms with Crippen molar-refractivity contribution < 1.29 is 18.7 Å². The number of anilines is 1. The number of esters is 1. The lowest BCUT2D eigenvalue weighted by atomic mass is 9.83. The molecule has 0 radical (unpaired) electrons. The third-order valence-electron chi connectivity index (χ3n) is 6.91. The monoisotopic (exact) mass is 533 g/mol. The van der Waals surface area contributed by atoms with E-state index in [0.29, 0.717) is 39.0 Å². The third-order valence-corrected chi connectivity index (χ3v) is 8.08. The molecule has 0 bridgehead atoms. The van der Waals surface area contributed by atoms with Gasteiger partial charge in [0.25, 0.3) is 5.91 Å². The summed E-state index contributed by atoms with van der Waals surface area (Å²) in [7, 11) is 0. The van der Waals surface area contributed by atoms with Gasteiger partial charge in [0.2, 0.25) is 5.89 Å². The summed E-state index contributed by atoms with van der Waals surface area (Å²) in [6.45, 7) is -0.485. The molecule has 0 aliphatic heterocycles. The molecule has 0 spiro atoms. The summed E-state index contributed by atoms with van der Waals surface area (Å²) in [5, 5.41) is 13.1. The minimum Gasteiger partial charge on any atom is -0.452 e.